The molecule has 0 saturated heterocycles. The quantitative estimate of drug-likeness (QED) is 0.643. The minimum atomic E-state index is -4.07. The second-order valence-corrected chi connectivity index (χ2v) is 5.97. The Morgan fingerprint density at radius 2 is 2.05 bits per heavy atom. The summed E-state index contributed by atoms with van der Waals surface area (Å²) in [5, 5.41) is 19.7. The van der Waals surface area contributed by atoms with Crippen LogP contribution in [-0.4, -0.2) is 19.4 Å². The third-order valence-electron chi connectivity index (χ3n) is 2.87. The zero-order valence-corrected chi connectivity index (χ0v) is 10.6. The van der Waals surface area contributed by atoms with Crippen molar-refractivity contribution in [1.82, 2.24) is 4.72 Å². The van der Waals surface area contributed by atoms with E-state index >= 15 is 0 Å². The van der Waals surface area contributed by atoms with Gasteiger partial charge in [-0.15, -0.1) is 0 Å². The van der Waals surface area contributed by atoms with Crippen molar-refractivity contribution in [3.8, 4) is 6.07 Å². The molecule has 0 radical (unpaired) electrons. The van der Waals surface area contributed by atoms with Gasteiger partial charge in [0.15, 0.2) is 4.90 Å². The first-order valence-electron chi connectivity index (χ1n) is 5.61. The number of hydrogen-bond acceptors (Lipinski definition) is 5. The lowest BCUT2D eigenvalue weighted by Gasteiger charge is -2.11. The van der Waals surface area contributed by atoms with Gasteiger partial charge in [0, 0.05) is 6.07 Å². The number of nitrogens with one attached hydrogen (secondary N) is 1. The average Bonchev–Trinajstić information content (AvgIpc) is 3.20. The minimum Gasteiger partial charge on any atom is -0.258 e. The lowest BCUT2D eigenvalue weighted by Crippen LogP contribution is -2.35. The van der Waals surface area contributed by atoms with Gasteiger partial charge in [0.1, 0.15) is 6.04 Å². The Bertz CT molecular complexity index is 646. The molecule has 1 N–H and O–H groups in total. The molecule has 1 atom stereocenters. The summed E-state index contributed by atoms with van der Waals surface area (Å²) in [5.74, 6) is 0.00235. The Kier molecular flexibility index (Phi) is 3.50. The molecule has 0 amide bonds. The first-order chi connectivity index (χ1) is 8.95. The molecule has 7 nitrogen and oxygen atoms in total. The van der Waals surface area contributed by atoms with E-state index in [4.69, 9.17) is 5.26 Å². The molecule has 1 unspecified atom stereocenters. The summed E-state index contributed by atoms with van der Waals surface area (Å²) in [6.45, 7) is 0. The zero-order chi connectivity index (χ0) is 14.0. The standard InChI is InChI=1S/C11H11N3O4S/c12-7-9(8-5-6-8)13-19(17,18)11-4-2-1-3-10(11)14(15)16/h1-4,8-9,13H,5-6H2. The summed E-state index contributed by atoms with van der Waals surface area (Å²) in [4.78, 5) is 9.65. The van der Waals surface area contributed by atoms with Crippen LogP contribution in [0.3, 0.4) is 0 Å². The number of benzene rings is 1. The summed E-state index contributed by atoms with van der Waals surface area (Å²) >= 11 is 0. The third-order valence-corrected chi connectivity index (χ3v) is 4.35. The highest BCUT2D eigenvalue weighted by atomic mass is 32.2. The first kappa shape index (κ1) is 13.5. The van der Waals surface area contributed by atoms with Gasteiger partial charge in [-0.25, -0.2) is 8.42 Å². The summed E-state index contributed by atoms with van der Waals surface area (Å²) in [7, 11) is -4.07. The fraction of sp³-hybridized carbons (Fsp3) is 0.364. The molecule has 0 heterocycles. The van der Waals surface area contributed by atoms with E-state index < -0.39 is 31.6 Å². The summed E-state index contributed by atoms with van der Waals surface area (Å²) < 4.78 is 26.4. The molecule has 0 bridgehead atoms. The van der Waals surface area contributed by atoms with Crippen LogP contribution < -0.4 is 4.72 Å². The maximum atomic E-state index is 12.1. The highest BCUT2D eigenvalue weighted by molar-refractivity contribution is 7.89. The molecular weight excluding hydrogens is 270 g/mol. The van der Waals surface area contributed by atoms with Gasteiger partial charge in [0.2, 0.25) is 10.0 Å². The van der Waals surface area contributed by atoms with Crippen LogP contribution in [0.1, 0.15) is 12.8 Å². The number of nitro benzene ring substituents is 1. The van der Waals surface area contributed by atoms with E-state index in [2.05, 4.69) is 4.72 Å². The smallest absolute Gasteiger partial charge is 0.258 e. The van der Waals surface area contributed by atoms with Crippen LogP contribution >= 0.6 is 0 Å². The molecule has 0 spiro atoms. The van der Waals surface area contributed by atoms with Gasteiger partial charge < -0.3 is 0 Å². The van der Waals surface area contributed by atoms with Crippen LogP contribution in [0.5, 0.6) is 0 Å². The highest BCUT2D eigenvalue weighted by Gasteiger charge is 2.36. The van der Waals surface area contributed by atoms with Crippen LogP contribution in [-0.2, 0) is 10.0 Å². The number of para-hydroxylation sites is 1. The lowest BCUT2D eigenvalue weighted by atomic mass is 10.2. The van der Waals surface area contributed by atoms with E-state index in [1.54, 1.807) is 0 Å². The summed E-state index contributed by atoms with van der Waals surface area (Å²) in [5.41, 5.74) is -0.498. The second-order valence-electron chi connectivity index (χ2n) is 4.29. The molecule has 0 aliphatic heterocycles. The van der Waals surface area contributed by atoms with Gasteiger partial charge in [-0.1, -0.05) is 12.1 Å². The number of rotatable bonds is 5. The average molecular weight is 281 g/mol. The molecule has 1 aromatic rings. The Morgan fingerprint density at radius 1 is 1.42 bits per heavy atom. The SMILES string of the molecule is N#CC(NS(=O)(=O)c1ccccc1[N+](=O)[O-])C1CC1. The molecule has 1 fully saturated rings. The van der Waals surface area contributed by atoms with E-state index in [-0.39, 0.29) is 5.92 Å². The van der Waals surface area contributed by atoms with Gasteiger partial charge in [0.25, 0.3) is 5.69 Å². The molecule has 1 saturated carbocycles. The molecule has 2 rings (SSSR count). The Labute approximate surface area is 110 Å². The van der Waals surface area contributed by atoms with E-state index in [1.165, 1.54) is 12.1 Å². The largest absolute Gasteiger partial charge is 0.289 e. The molecule has 0 aromatic heterocycles. The van der Waals surface area contributed by atoms with Gasteiger partial charge in [0.05, 0.1) is 11.0 Å². The maximum Gasteiger partial charge on any atom is 0.289 e. The number of nitriles is 1. The predicted molar refractivity (Wildman–Crippen MR) is 65.5 cm³/mol. The molecule has 8 heteroatoms. The maximum absolute atomic E-state index is 12.1. The van der Waals surface area contributed by atoms with E-state index in [9.17, 15) is 18.5 Å². The van der Waals surface area contributed by atoms with Crippen molar-refractivity contribution in [1.29, 1.82) is 5.26 Å². The first-order valence-corrected chi connectivity index (χ1v) is 7.09. The van der Waals surface area contributed by atoms with Gasteiger partial charge in [-0.2, -0.15) is 9.98 Å². The van der Waals surface area contributed by atoms with E-state index in [1.807, 2.05) is 6.07 Å². The fourth-order valence-corrected chi connectivity index (χ4v) is 3.11. The topological polar surface area (TPSA) is 113 Å². The van der Waals surface area contributed by atoms with Crippen LogP contribution in [0.4, 0.5) is 5.69 Å². The molecule has 1 aliphatic carbocycles. The zero-order valence-electron chi connectivity index (χ0n) is 9.81. The van der Waals surface area contributed by atoms with Crippen molar-refractivity contribution >= 4 is 15.7 Å². The van der Waals surface area contributed by atoms with Crippen molar-refractivity contribution in [2.75, 3.05) is 0 Å². The highest BCUT2D eigenvalue weighted by Crippen LogP contribution is 2.33. The molecule has 100 valence electrons. The number of nitrogens with zero attached hydrogens (tertiary/aromatic N) is 2. The minimum absolute atomic E-state index is 0.00235. The number of hydrogen-bond donors (Lipinski definition) is 1. The molecule has 1 aliphatic rings. The van der Waals surface area contributed by atoms with Gasteiger partial charge in [-0.05, 0) is 24.8 Å². The summed E-state index contributed by atoms with van der Waals surface area (Å²) in [6, 6.07) is 6.11. The van der Waals surface area contributed by atoms with Crippen LogP contribution in [0.2, 0.25) is 0 Å². The van der Waals surface area contributed by atoms with Crippen molar-refractivity contribution < 1.29 is 13.3 Å². The van der Waals surface area contributed by atoms with Crippen molar-refractivity contribution in [2.45, 2.75) is 23.8 Å². The number of sulfonamides is 1. The van der Waals surface area contributed by atoms with Crippen LogP contribution in [0.15, 0.2) is 29.2 Å². The van der Waals surface area contributed by atoms with Crippen molar-refractivity contribution in [3.63, 3.8) is 0 Å². The third kappa shape index (κ3) is 2.89. The van der Waals surface area contributed by atoms with E-state index in [0.717, 1.165) is 25.0 Å². The van der Waals surface area contributed by atoms with Gasteiger partial charge in [-0.3, -0.25) is 10.1 Å². The predicted octanol–water partition coefficient (Wildman–Crippen LogP) is 1.18. The van der Waals surface area contributed by atoms with Gasteiger partial charge >= 0.3 is 0 Å². The second kappa shape index (κ2) is 4.95. The fourth-order valence-electron chi connectivity index (χ4n) is 1.72. The van der Waals surface area contributed by atoms with Crippen LogP contribution in [0, 0.1) is 27.4 Å². The number of nitro groups is 1. The Balaban J connectivity index is 2.34. The van der Waals surface area contributed by atoms with Crippen molar-refractivity contribution in [3.05, 3.63) is 34.4 Å². The van der Waals surface area contributed by atoms with Crippen molar-refractivity contribution in [2.24, 2.45) is 5.92 Å². The molecule has 19 heavy (non-hydrogen) atoms. The Hall–Kier alpha value is -1.98. The van der Waals surface area contributed by atoms with Crippen LogP contribution in [0.25, 0.3) is 0 Å². The molecular formula is C11H11N3O4S. The Morgan fingerprint density at radius 3 is 2.58 bits per heavy atom. The monoisotopic (exact) mass is 281 g/mol. The molecule has 1 aromatic carbocycles. The normalized spacial score (nSPS) is 16.6. The van der Waals surface area contributed by atoms with E-state index in [0.29, 0.717) is 0 Å². The lowest BCUT2D eigenvalue weighted by molar-refractivity contribution is -0.387. The summed E-state index contributed by atoms with van der Waals surface area (Å²) in [6.07, 6.45) is 1.58.